The van der Waals surface area contributed by atoms with Gasteiger partial charge in [-0.05, 0) is 62.6 Å². The lowest BCUT2D eigenvalue weighted by molar-refractivity contribution is -0.134. The van der Waals surface area contributed by atoms with Crippen molar-refractivity contribution in [2.75, 3.05) is 13.7 Å². The third-order valence-corrected chi connectivity index (χ3v) is 6.37. The Morgan fingerprint density at radius 1 is 1.20 bits per heavy atom. The van der Waals surface area contributed by atoms with Crippen LogP contribution in [0.4, 0.5) is 4.79 Å². The quantitative estimate of drug-likeness (QED) is 0.860. The van der Waals surface area contributed by atoms with Crippen LogP contribution in [0.3, 0.4) is 0 Å². The molecule has 1 aromatic rings. The van der Waals surface area contributed by atoms with Crippen LogP contribution in [0.1, 0.15) is 56.2 Å². The average molecular weight is 341 g/mol. The second-order valence-electron chi connectivity index (χ2n) is 8.08. The summed E-state index contributed by atoms with van der Waals surface area (Å²) in [5, 5.41) is 3.02. The van der Waals surface area contributed by atoms with Crippen LogP contribution in [-0.2, 0) is 11.2 Å². The van der Waals surface area contributed by atoms with Gasteiger partial charge in [0.15, 0.2) is 0 Å². The molecule has 1 N–H and O–H groups in total. The number of carbonyl (C=O) groups is 2. The van der Waals surface area contributed by atoms with Gasteiger partial charge in [0.25, 0.3) is 5.91 Å². The van der Waals surface area contributed by atoms with Crippen molar-refractivity contribution in [3.05, 3.63) is 35.4 Å². The van der Waals surface area contributed by atoms with Gasteiger partial charge in [-0.25, -0.2) is 9.69 Å². The lowest BCUT2D eigenvalue weighted by Gasteiger charge is -2.34. The smallest absolute Gasteiger partial charge is 0.323 e. The van der Waals surface area contributed by atoms with E-state index in [4.69, 9.17) is 0 Å². The van der Waals surface area contributed by atoms with E-state index in [0.29, 0.717) is 12.6 Å². The molecule has 1 spiro atoms. The molecule has 1 aromatic carbocycles. The molecule has 5 heteroatoms. The van der Waals surface area contributed by atoms with Crippen molar-refractivity contribution >= 4 is 11.9 Å². The van der Waals surface area contributed by atoms with Crippen LogP contribution in [0.15, 0.2) is 24.3 Å². The van der Waals surface area contributed by atoms with E-state index in [1.165, 1.54) is 16.0 Å². The molecule has 25 heavy (non-hydrogen) atoms. The molecule has 1 heterocycles. The molecule has 0 aromatic heterocycles. The van der Waals surface area contributed by atoms with Crippen LogP contribution >= 0.6 is 0 Å². The molecule has 1 saturated heterocycles. The summed E-state index contributed by atoms with van der Waals surface area (Å²) in [6, 6.07) is 8.54. The maximum absolute atomic E-state index is 13.0. The number of hydrogen-bond donors (Lipinski definition) is 1. The molecule has 0 bridgehead atoms. The Kier molecular flexibility index (Phi) is 4.07. The Labute approximate surface area is 149 Å². The van der Waals surface area contributed by atoms with Crippen molar-refractivity contribution < 1.29 is 9.59 Å². The van der Waals surface area contributed by atoms with E-state index in [1.807, 2.05) is 7.05 Å². The molecule has 4 rings (SSSR count). The molecule has 3 aliphatic rings. The van der Waals surface area contributed by atoms with Crippen molar-refractivity contribution in [2.24, 2.45) is 5.92 Å². The van der Waals surface area contributed by atoms with E-state index < -0.39 is 5.54 Å². The predicted octanol–water partition coefficient (Wildman–Crippen LogP) is 3.06. The van der Waals surface area contributed by atoms with Crippen LogP contribution in [0, 0.1) is 5.92 Å². The molecule has 134 valence electrons. The van der Waals surface area contributed by atoms with Gasteiger partial charge in [0.1, 0.15) is 5.54 Å². The van der Waals surface area contributed by atoms with E-state index in [9.17, 15) is 9.59 Å². The number of imide groups is 1. The molecule has 3 amide bonds. The molecular weight excluding hydrogens is 314 g/mol. The summed E-state index contributed by atoms with van der Waals surface area (Å²) in [6.45, 7) is 2.58. The van der Waals surface area contributed by atoms with Gasteiger partial charge in [-0.3, -0.25) is 9.69 Å². The van der Waals surface area contributed by atoms with Gasteiger partial charge in [-0.2, -0.15) is 0 Å². The molecule has 1 unspecified atom stereocenters. The van der Waals surface area contributed by atoms with E-state index in [2.05, 4.69) is 41.4 Å². The van der Waals surface area contributed by atoms with Crippen LogP contribution in [0.2, 0.25) is 0 Å². The minimum Gasteiger partial charge on any atom is -0.323 e. The van der Waals surface area contributed by atoms with Gasteiger partial charge in [0, 0.05) is 6.04 Å². The number of rotatable bonds is 3. The van der Waals surface area contributed by atoms with Gasteiger partial charge in [0.05, 0.1) is 6.67 Å². The maximum atomic E-state index is 13.0. The number of fused-ring (bicyclic) bond motifs is 1. The monoisotopic (exact) mass is 341 g/mol. The van der Waals surface area contributed by atoms with Crippen molar-refractivity contribution in [1.82, 2.24) is 15.1 Å². The van der Waals surface area contributed by atoms with E-state index in [0.717, 1.165) is 38.5 Å². The fourth-order valence-corrected chi connectivity index (χ4v) is 4.71. The highest BCUT2D eigenvalue weighted by molar-refractivity contribution is 6.07. The number of amides is 3. The van der Waals surface area contributed by atoms with Crippen molar-refractivity contribution in [2.45, 2.75) is 57.0 Å². The summed E-state index contributed by atoms with van der Waals surface area (Å²) in [6.07, 6.45) is 5.66. The molecule has 1 saturated carbocycles. The second kappa shape index (κ2) is 6.13. The Balaban J connectivity index is 1.48. The van der Waals surface area contributed by atoms with Gasteiger partial charge >= 0.3 is 6.03 Å². The SMILES string of the molecule is CC1CCC2(CC1)NC(=O)N(CN(C)C1CCc3ccccc31)C2=O. The molecule has 5 nitrogen and oxygen atoms in total. The summed E-state index contributed by atoms with van der Waals surface area (Å²) in [5.41, 5.74) is 2.07. The van der Waals surface area contributed by atoms with Crippen LogP contribution in [0.5, 0.6) is 0 Å². The van der Waals surface area contributed by atoms with Crippen LogP contribution in [-0.4, -0.2) is 41.0 Å². The number of nitrogens with zero attached hydrogens (tertiary/aromatic N) is 2. The molecule has 2 fully saturated rings. The van der Waals surface area contributed by atoms with Crippen molar-refractivity contribution in [1.29, 1.82) is 0 Å². The number of carbonyl (C=O) groups excluding carboxylic acids is 2. The fourth-order valence-electron chi connectivity index (χ4n) is 4.71. The number of nitrogens with one attached hydrogen (secondary N) is 1. The first-order valence-corrected chi connectivity index (χ1v) is 9.42. The Morgan fingerprint density at radius 3 is 2.68 bits per heavy atom. The van der Waals surface area contributed by atoms with Crippen LogP contribution in [0.25, 0.3) is 0 Å². The van der Waals surface area contributed by atoms with Gasteiger partial charge < -0.3 is 5.32 Å². The number of aryl methyl sites for hydroxylation is 1. The molecule has 1 atom stereocenters. The minimum absolute atomic E-state index is 0.0254. The lowest BCUT2D eigenvalue weighted by Crippen LogP contribution is -2.50. The largest absolute Gasteiger partial charge is 0.326 e. The van der Waals surface area contributed by atoms with Crippen molar-refractivity contribution in [3.8, 4) is 0 Å². The van der Waals surface area contributed by atoms with E-state index in [1.54, 1.807) is 0 Å². The summed E-state index contributed by atoms with van der Waals surface area (Å²) in [5.74, 6) is 0.615. The molecule has 0 radical (unpaired) electrons. The highest BCUT2D eigenvalue weighted by Crippen LogP contribution is 2.38. The predicted molar refractivity (Wildman–Crippen MR) is 95.9 cm³/mol. The number of hydrogen-bond acceptors (Lipinski definition) is 3. The van der Waals surface area contributed by atoms with Crippen molar-refractivity contribution in [3.63, 3.8) is 0 Å². The van der Waals surface area contributed by atoms with Gasteiger partial charge in [-0.15, -0.1) is 0 Å². The zero-order chi connectivity index (χ0) is 17.6. The fraction of sp³-hybridized carbons (Fsp3) is 0.600. The first-order chi connectivity index (χ1) is 12.0. The topological polar surface area (TPSA) is 52.7 Å². The maximum Gasteiger partial charge on any atom is 0.326 e. The number of urea groups is 1. The normalized spacial score (nSPS) is 31.7. The summed E-state index contributed by atoms with van der Waals surface area (Å²) in [4.78, 5) is 29.1. The Morgan fingerprint density at radius 2 is 1.92 bits per heavy atom. The summed E-state index contributed by atoms with van der Waals surface area (Å²) >= 11 is 0. The lowest BCUT2D eigenvalue weighted by atomic mass is 9.77. The summed E-state index contributed by atoms with van der Waals surface area (Å²) < 4.78 is 0. The standard InChI is InChI=1S/C20H27N3O2/c1-14-9-11-20(12-10-14)18(24)23(19(25)21-20)13-22(2)17-8-7-15-5-3-4-6-16(15)17/h3-6,14,17H,7-13H2,1-2H3,(H,21,25). The zero-order valence-corrected chi connectivity index (χ0v) is 15.1. The van der Waals surface area contributed by atoms with Gasteiger partial charge in [0.2, 0.25) is 0 Å². The second-order valence-corrected chi connectivity index (χ2v) is 8.08. The van der Waals surface area contributed by atoms with Crippen LogP contribution < -0.4 is 5.32 Å². The van der Waals surface area contributed by atoms with E-state index in [-0.39, 0.29) is 18.0 Å². The first kappa shape index (κ1) is 16.6. The number of benzene rings is 1. The Bertz CT molecular complexity index is 694. The molecule has 1 aliphatic heterocycles. The van der Waals surface area contributed by atoms with Gasteiger partial charge in [-0.1, -0.05) is 31.2 Å². The highest BCUT2D eigenvalue weighted by atomic mass is 16.2. The third-order valence-electron chi connectivity index (χ3n) is 6.37. The van der Waals surface area contributed by atoms with E-state index >= 15 is 0 Å². The zero-order valence-electron chi connectivity index (χ0n) is 15.1. The average Bonchev–Trinajstić information content (AvgIpc) is 3.13. The molecular formula is C20H27N3O2. The summed E-state index contributed by atoms with van der Waals surface area (Å²) in [7, 11) is 2.02. The Hall–Kier alpha value is -1.88. The molecule has 2 aliphatic carbocycles. The first-order valence-electron chi connectivity index (χ1n) is 9.42. The highest BCUT2D eigenvalue weighted by Gasteiger charge is 2.52. The minimum atomic E-state index is -0.641. The third kappa shape index (κ3) is 2.74.